The van der Waals surface area contributed by atoms with E-state index in [1.54, 1.807) is 0 Å². The highest BCUT2D eigenvalue weighted by Crippen LogP contribution is 2.26. The van der Waals surface area contributed by atoms with Crippen molar-refractivity contribution in [3.8, 4) is 0 Å². The Morgan fingerprint density at radius 3 is 2.75 bits per heavy atom. The van der Waals surface area contributed by atoms with E-state index in [9.17, 15) is 0 Å². The number of hydrogen-bond acceptors (Lipinski definition) is 5. The normalized spacial score (nSPS) is 19.9. The van der Waals surface area contributed by atoms with E-state index in [2.05, 4.69) is 14.9 Å². The number of aryl methyl sites for hydroxylation is 1. The SMILES string of the molecule is Nc1nc(N2CCOCC2)nc2c1CCC2. The maximum Gasteiger partial charge on any atom is 0.227 e. The van der Waals surface area contributed by atoms with Gasteiger partial charge in [0, 0.05) is 18.7 Å². The van der Waals surface area contributed by atoms with Crippen molar-refractivity contribution in [2.75, 3.05) is 36.9 Å². The molecule has 5 nitrogen and oxygen atoms in total. The Morgan fingerprint density at radius 1 is 1.12 bits per heavy atom. The lowest BCUT2D eigenvalue weighted by Gasteiger charge is -2.27. The molecule has 2 heterocycles. The monoisotopic (exact) mass is 220 g/mol. The van der Waals surface area contributed by atoms with Crippen molar-refractivity contribution >= 4 is 11.8 Å². The van der Waals surface area contributed by atoms with E-state index in [0.717, 1.165) is 62.8 Å². The van der Waals surface area contributed by atoms with Crippen molar-refractivity contribution in [1.82, 2.24) is 9.97 Å². The predicted octanol–water partition coefficient (Wildman–Crippen LogP) is 0.384. The Bertz CT molecular complexity index is 401. The van der Waals surface area contributed by atoms with Gasteiger partial charge in [-0.15, -0.1) is 0 Å². The van der Waals surface area contributed by atoms with Crippen LogP contribution in [-0.2, 0) is 17.6 Å². The van der Waals surface area contributed by atoms with Crippen molar-refractivity contribution < 1.29 is 4.74 Å². The third-order valence-corrected chi connectivity index (χ3v) is 3.25. The van der Waals surface area contributed by atoms with Crippen LogP contribution in [-0.4, -0.2) is 36.3 Å². The van der Waals surface area contributed by atoms with Crippen LogP contribution < -0.4 is 10.6 Å². The van der Waals surface area contributed by atoms with Gasteiger partial charge in [-0.2, -0.15) is 4.98 Å². The molecular formula is C11H16N4O. The number of ether oxygens (including phenoxy) is 1. The molecule has 5 heteroatoms. The molecule has 0 atom stereocenters. The zero-order chi connectivity index (χ0) is 11.0. The van der Waals surface area contributed by atoms with Gasteiger partial charge in [0.2, 0.25) is 5.95 Å². The van der Waals surface area contributed by atoms with Gasteiger partial charge in [-0.1, -0.05) is 0 Å². The Balaban J connectivity index is 1.92. The number of aromatic nitrogens is 2. The highest BCUT2D eigenvalue weighted by atomic mass is 16.5. The van der Waals surface area contributed by atoms with E-state index < -0.39 is 0 Å². The number of nitrogens with two attached hydrogens (primary N) is 1. The molecule has 1 saturated heterocycles. The molecule has 1 aromatic heterocycles. The predicted molar refractivity (Wildman–Crippen MR) is 61.5 cm³/mol. The number of morpholine rings is 1. The summed E-state index contributed by atoms with van der Waals surface area (Å²) < 4.78 is 5.32. The van der Waals surface area contributed by atoms with E-state index in [0.29, 0.717) is 5.82 Å². The summed E-state index contributed by atoms with van der Waals surface area (Å²) in [6, 6.07) is 0. The number of hydrogen-bond donors (Lipinski definition) is 1. The van der Waals surface area contributed by atoms with Crippen molar-refractivity contribution in [3.63, 3.8) is 0 Å². The van der Waals surface area contributed by atoms with Crippen molar-refractivity contribution in [3.05, 3.63) is 11.3 Å². The number of anilines is 2. The molecule has 0 saturated carbocycles. The smallest absolute Gasteiger partial charge is 0.227 e. The number of rotatable bonds is 1. The first-order valence-corrected chi connectivity index (χ1v) is 5.82. The fraction of sp³-hybridized carbons (Fsp3) is 0.636. The van der Waals surface area contributed by atoms with E-state index in [-0.39, 0.29) is 0 Å². The fourth-order valence-electron chi connectivity index (χ4n) is 2.35. The summed E-state index contributed by atoms with van der Waals surface area (Å²) in [6.45, 7) is 3.22. The molecule has 1 fully saturated rings. The molecule has 1 aromatic rings. The van der Waals surface area contributed by atoms with E-state index in [1.165, 1.54) is 0 Å². The number of nitrogen functional groups attached to an aromatic ring is 1. The maximum absolute atomic E-state index is 5.97. The van der Waals surface area contributed by atoms with Gasteiger partial charge in [-0.25, -0.2) is 4.98 Å². The summed E-state index contributed by atoms with van der Waals surface area (Å²) in [6.07, 6.45) is 3.23. The van der Waals surface area contributed by atoms with Crippen LogP contribution >= 0.6 is 0 Å². The van der Waals surface area contributed by atoms with Crippen molar-refractivity contribution in [2.45, 2.75) is 19.3 Å². The summed E-state index contributed by atoms with van der Waals surface area (Å²) >= 11 is 0. The van der Waals surface area contributed by atoms with E-state index in [1.807, 2.05) is 0 Å². The lowest BCUT2D eigenvalue weighted by molar-refractivity contribution is 0.122. The van der Waals surface area contributed by atoms with Gasteiger partial charge in [0.15, 0.2) is 0 Å². The van der Waals surface area contributed by atoms with Gasteiger partial charge in [-0.05, 0) is 19.3 Å². The van der Waals surface area contributed by atoms with Gasteiger partial charge in [0.1, 0.15) is 5.82 Å². The molecule has 0 spiro atoms. The van der Waals surface area contributed by atoms with Crippen LogP contribution in [0.2, 0.25) is 0 Å². The molecule has 2 aliphatic rings. The molecule has 86 valence electrons. The minimum Gasteiger partial charge on any atom is -0.383 e. The van der Waals surface area contributed by atoms with Crippen molar-refractivity contribution in [1.29, 1.82) is 0 Å². The Hall–Kier alpha value is -1.36. The van der Waals surface area contributed by atoms with Gasteiger partial charge >= 0.3 is 0 Å². The summed E-state index contributed by atoms with van der Waals surface area (Å²) in [7, 11) is 0. The first kappa shape index (κ1) is 9.84. The average Bonchev–Trinajstić information content (AvgIpc) is 2.79. The first-order valence-electron chi connectivity index (χ1n) is 5.82. The second kappa shape index (κ2) is 3.90. The fourth-order valence-corrected chi connectivity index (χ4v) is 2.35. The molecule has 1 aliphatic carbocycles. The molecule has 0 unspecified atom stereocenters. The number of fused-ring (bicyclic) bond motifs is 1. The summed E-state index contributed by atoms with van der Waals surface area (Å²) in [4.78, 5) is 11.2. The van der Waals surface area contributed by atoms with Crippen LogP contribution in [0.25, 0.3) is 0 Å². The summed E-state index contributed by atoms with van der Waals surface area (Å²) in [5.41, 5.74) is 8.28. The zero-order valence-corrected chi connectivity index (χ0v) is 9.28. The maximum atomic E-state index is 5.97. The Labute approximate surface area is 94.6 Å². The molecule has 0 aromatic carbocycles. The molecule has 2 N–H and O–H groups in total. The van der Waals surface area contributed by atoms with Gasteiger partial charge in [0.25, 0.3) is 0 Å². The molecule has 1 aliphatic heterocycles. The van der Waals surface area contributed by atoms with Gasteiger partial charge in [0.05, 0.1) is 18.9 Å². The van der Waals surface area contributed by atoms with Crippen LogP contribution in [0.3, 0.4) is 0 Å². The summed E-state index contributed by atoms with van der Waals surface area (Å²) in [5, 5.41) is 0. The zero-order valence-electron chi connectivity index (χ0n) is 9.28. The van der Waals surface area contributed by atoms with Crippen LogP contribution in [0, 0.1) is 0 Å². The average molecular weight is 220 g/mol. The summed E-state index contributed by atoms with van der Waals surface area (Å²) in [5.74, 6) is 1.45. The van der Waals surface area contributed by atoms with Crippen LogP contribution in [0.15, 0.2) is 0 Å². The number of nitrogens with zero attached hydrogens (tertiary/aromatic N) is 3. The standard InChI is InChI=1S/C11H16N4O/c12-10-8-2-1-3-9(8)13-11(14-10)15-4-6-16-7-5-15/h1-7H2,(H2,12,13,14). The molecular weight excluding hydrogens is 204 g/mol. The lowest BCUT2D eigenvalue weighted by Crippen LogP contribution is -2.37. The Morgan fingerprint density at radius 2 is 1.94 bits per heavy atom. The molecule has 0 radical (unpaired) electrons. The van der Waals surface area contributed by atoms with Crippen molar-refractivity contribution in [2.24, 2.45) is 0 Å². The highest BCUT2D eigenvalue weighted by Gasteiger charge is 2.21. The van der Waals surface area contributed by atoms with Gasteiger partial charge < -0.3 is 15.4 Å². The minimum absolute atomic E-state index is 0.670. The largest absolute Gasteiger partial charge is 0.383 e. The van der Waals surface area contributed by atoms with Gasteiger partial charge in [-0.3, -0.25) is 0 Å². The minimum atomic E-state index is 0.670. The lowest BCUT2D eigenvalue weighted by atomic mass is 10.2. The first-order chi connectivity index (χ1) is 7.84. The van der Waals surface area contributed by atoms with E-state index >= 15 is 0 Å². The van der Waals surface area contributed by atoms with Crippen LogP contribution in [0.4, 0.5) is 11.8 Å². The van der Waals surface area contributed by atoms with Crippen LogP contribution in [0.1, 0.15) is 17.7 Å². The quantitative estimate of drug-likeness (QED) is 0.741. The van der Waals surface area contributed by atoms with E-state index in [4.69, 9.17) is 10.5 Å². The molecule has 3 rings (SSSR count). The second-order valence-corrected chi connectivity index (χ2v) is 4.29. The third kappa shape index (κ3) is 1.61. The van der Waals surface area contributed by atoms with Crippen LogP contribution in [0.5, 0.6) is 0 Å². The molecule has 0 bridgehead atoms. The molecule has 0 amide bonds. The third-order valence-electron chi connectivity index (χ3n) is 3.25. The Kier molecular flexibility index (Phi) is 2.40. The highest BCUT2D eigenvalue weighted by molar-refractivity contribution is 5.50. The second-order valence-electron chi connectivity index (χ2n) is 4.29. The molecule has 16 heavy (non-hydrogen) atoms. The topological polar surface area (TPSA) is 64.3 Å².